The lowest BCUT2D eigenvalue weighted by Crippen LogP contribution is -2.47. The molecule has 24 heavy (non-hydrogen) atoms. The average molecular weight is 361 g/mol. The molecule has 0 atom stereocenters. The molecular weight excluding hydrogens is 347 g/mol. The molecule has 0 saturated carbocycles. The largest absolute Gasteiger partial charge is 0.366 e. The van der Waals surface area contributed by atoms with Crippen LogP contribution >= 0.6 is 23.2 Å². The molecule has 1 heterocycles. The fourth-order valence-corrected chi connectivity index (χ4v) is 3.01. The van der Waals surface area contributed by atoms with Crippen LogP contribution in [0.15, 0.2) is 60.3 Å². The minimum Gasteiger partial charge on any atom is -0.366 e. The second-order valence-electron chi connectivity index (χ2n) is 5.49. The number of carbonyl (C=O) groups is 2. The highest BCUT2D eigenvalue weighted by Gasteiger charge is 2.37. The van der Waals surface area contributed by atoms with Crippen molar-refractivity contribution in [1.29, 1.82) is 0 Å². The van der Waals surface area contributed by atoms with E-state index in [1.54, 1.807) is 24.3 Å². The van der Waals surface area contributed by atoms with Gasteiger partial charge in [0.2, 0.25) is 5.91 Å². The van der Waals surface area contributed by atoms with E-state index in [1.807, 2.05) is 29.2 Å². The van der Waals surface area contributed by atoms with Crippen molar-refractivity contribution in [2.24, 2.45) is 5.73 Å². The zero-order valence-electron chi connectivity index (χ0n) is 12.6. The van der Waals surface area contributed by atoms with Gasteiger partial charge < -0.3 is 10.6 Å². The van der Waals surface area contributed by atoms with Gasteiger partial charge in [0.15, 0.2) is 5.78 Å². The summed E-state index contributed by atoms with van der Waals surface area (Å²) in [6.45, 7) is 0.217. The van der Waals surface area contributed by atoms with E-state index in [0.29, 0.717) is 15.7 Å². The molecule has 4 nitrogen and oxygen atoms in total. The monoisotopic (exact) mass is 360 g/mol. The molecule has 1 saturated heterocycles. The van der Waals surface area contributed by atoms with Crippen LogP contribution in [0.1, 0.15) is 17.2 Å². The smallest absolute Gasteiger partial charge is 0.243 e. The van der Waals surface area contributed by atoms with Gasteiger partial charge in [-0.1, -0.05) is 47.5 Å². The fourth-order valence-electron chi connectivity index (χ4n) is 2.76. The Morgan fingerprint density at radius 1 is 1.00 bits per heavy atom. The van der Waals surface area contributed by atoms with Crippen LogP contribution < -0.4 is 5.73 Å². The van der Waals surface area contributed by atoms with Crippen molar-refractivity contribution in [3.8, 4) is 0 Å². The summed E-state index contributed by atoms with van der Waals surface area (Å²) in [5, 5.41) is 1.25. The van der Waals surface area contributed by atoms with Crippen molar-refractivity contribution >= 4 is 34.9 Å². The number of ketones is 1. The lowest BCUT2D eigenvalue weighted by atomic mass is 9.92. The van der Waals surface area contributed by atoms with Gasteiger partial charge >= 0.3 is 0 Å². The number of hydrogen-bond donors (Lipinski definition) is 1. The molecule has 0 unspecified atom stereocenters. The van der Waals surface area contributed by atoms with E-state index in [2.05, 4.69) is 0 Å². The molecule has 122 valence electrons. The van der Waals surface area contributed by atoms with Crippen molar-refractivity contribution in [2.45, 2.75) is 6.04 Å². The standard InChI is InChI=1S/C18H14Cl2N2O2/c19-13-5-1-11(2-6-13)18(12-3-7-14(20)8-4-12)22-10-16(23)15(22)9-17(21)24/h1-9,18H,10H2,(H2,21,24)/b15-9+. The van der Waals surface area contributed by atoms with Crippen molar-refractivity contribution in [2.75, 3.05) is 6.54 Å². The van der Waals surface area contributed by atoms with Crippen LogP contribution in [0, 0.1) is 0 Å². The van der Waals surface area contributed by atoms with Gasteiger partial charge in [-0.15, -0.1) is 0 Å². The summed E-state index contributed by atoms with van der Waals surface area (Å²) >= 11 is 11.9. The van der Waals surface area contributed by atoms with E-state index < -0.39 is 5.91 Å². The topological polar surface area (TPSA) is 63.4 Å². The number of nitrogens with zero attached hydrogens (tertiary/aromatic N) is 1. The Bertz CT molecular complexity index is 768. The Balaban J connectivity index is 2.05. The predicted molar refractivity (Wildman–Crippen MR) is 93.7 cm³/mol. The number of primary amides is 1. The van der Waals surface area contributed by atoms with Crippen LogP contribution in [-0.4, -0.2) is 23.1 Å². The third-order valence-corrected chi connectivity index (χ3v) is 4.38. The van der Waals surface area contributed by atoms with Gasteiger partial charge in [-0.25, -0.2) is 0 Å². The summed E-state index contributed by atoms with van der Waals surface area (Å²) in [6.07, 6.45) is 1.17. The first-order valence-corrected chi connectivity index (χ1v) is 8.03. The summed E-state index contributed by atoms with van der Waals surface area (Å²) in [4.78, 5) is 24.9. The van der Waals surface area contributed by atoms with Crippen LogP contribution in [0.5, 0.6) is 0 Å². The van der Waals surface area contributed by atoms with Gasteiger partial charge in [0.05, 0.1) is 18.3 Å². The van der Waals surface area contributed by atoms with Crippen LogP contribution in [0.25, 0.3) is 0 Å². The fraction of sp³-hybridized carbons (Fsp3) is 0.111. The minimum absolute atomic E-state index is 0.110. The molecule has 2 aromatic rings. The Morgan fingerprint density at radius 3 is 1.83 bits per heavy atom. The highest BCUT2D eigenvalue weighted by atomic mass is 35.5. The summed E-state index contributed by atoms with van der Waals surface area (Å²) in [5.74, 6) is -0.754. The number of halogens is 2. The van der Waals surface area contributed by atoms with Gasteiger partial charge in [0.25, 0.3) is 0 Å². The van der Waals surface area contributed by atoms with E-state index in [-0.39, 0.29) is 18.4 Å². The lowest BCUT2D eigenvalue weighted by molar-refractivity contribution is -0.125. The number of nitrogens with two attached hydrogens (primary N) is 1. The van der Waals surface area contributed by atoms with Crippen molar-refractivity contribution in [3.63, 3.8) is 0 Å². The number of Topliss-reactive ketones (excluding diaryl/α,β-unsaturated/α-hetero) is 1. The average Bonchev–Trinajstić information content (AvgIpc) is 2.55. The normalized spacial score (nSPS) is 15.7. The molecule has 0 bridgehead atoms. The Morgan fingerprint density at radius 2 is 1.46 bits per heavy atom. The molecule has 1 amide bonds. The zero-order valence-corrected chi connectivity index (χ0v) is 14.1. The molecule has 3 rings (SSSR count). The van der Waals surface area contributed by atoms with Gasteiger partial charge in [-0.05, 0) is 35.4 Å². The third kappa shape index (κ3) is 3.30. The Kier molecular flexibility index (Phi) is 4.60. The second-order valence-corrected chi connectivity index (χ2v) is 6.36. The van der Waals surface area contributed by atoms with Crippen LogP contribution in [-0.2, 0) is 9.59 Å². The highest BCUT2D eigenvalue weighted by Crippen LogP contribution is 2.37. The van der Waals surface area contributed by atoms with Crippen LogP contribution in [0.2, 0.25) is 10.0 Å². The first kappa shape index (κ1) is 16.6. The molecule has 6 heteroatoms. The van der Waals surface area contributed by atoms with Crippen LogP contribution in [0.3, 0.4) is 0 Å². The van der Waals surface area contributed by atoms with Crippen molar-refractivity contribution in [3.05, 3.63) is 81.5 Å². The molecule has 1 fully saturated rings. The molecule has 0 spiro atoms. The lowest BCUT2D eigenvalue weighted by Gasteiger charge is -2.41. The summed E-state index contributed by atoms with van der Waals surface area (Å²) in [6, 6.07) is 14.5. The van der Waals surface area contributed by atoms with Gasteiger partial charge in [0.1, 0.15) is 0 Å². The number of likely N-dealkylation sites (tertiary alicyclic amines) is 1. The van der Waals surface area contributed by atoms with Gasteiger partial charge in [-0.3, -0.25) is 9.59 Å². The molecule has 1 aliphatic rings. The number of hydrogen-bond acceptors (Lipinski definition) is 3. The maximum atomic E-state index is 11.9. The quantitative estimate of drug-likeness (QED) is 0.850. The predicted octanol–water partition coefficient (Wildman–Crippen LogP) is 3.34. The van der Waals surface area contributed by atoms with E-state index in [4.69, 9.17) is 28.9 Å². The third-order valence-electron chi connectivity index (χ3n) is 3.87. The molecule has 0 aromatic heterocycles. The molecule has 2 aromatic carbocycles. The maximum absolute atomic E-state index is 11.9. The van der Waals surface area contributed by atoms with Crippen molar-refractivity contribution in [1.82, 2.24) is 4.90 Å². The molecule has 1 aliphatic heterocycles. The van der Waals surface area contributed by atoms with Crippen molar-refractivity contribution < 1.29 is 9.59 Å². The molecule has 0 radical (unpaired) electrons. The number of benzene rings is 2. The van der Waals surface area contributed by atoms with E-state index >= 15 is 0 Å². The van der Waals surface area contributed by atoms with E-state index in [0.717, 1.165) is 11.1 Å². The van der Waals surface area contributed by atoms with E-state index in [1.165, 1.54) is 6.08 Å². The maximum Gasteiger partial charge on any atom is 0.243 e. The Labute approximate surface area is 149 Å². The molecule has 0 aliphatic carbocycles. The second kappa shape index (κ2) is 6.67. The molecule has 2 N–H and O–H groups in total. The number of amides is 1. The molecular formula is C18H14Cl2N2O2. The summed E-state index contributed by atoms with van der Waals surface area (Å²) in [7, 11) is 0. The van der Waals surface area contributed by atoms with Gasteiger partial charge in [0, 0.05) is 16.1 Å². The first-order valence-electron chi connectivity index (χ1n) is 7.27. The first-order chi connectivity index (χ1) is 11.5. The highest BCUT2D eigenvalue weighted by molar-refractivity contribution is 6.30. The number of rotatable bonds is 4. The van der Waals surface area contributed by atoms with Gasteiger partial charge in [-0.2, -0.15) is 0 Å². The minimum atomic E-state index is -0.644. The van der Waals surface area contributed by atoms with E-state index in [9.17, 15) is 9.59 Å². The summed E-state index contributed by atoms with van der Waals surface area (Å²) in [5.41, 5.74) is 7.43. The summed E-state index contributed by atoms with van der Waals surface area (Å²) < 4.78 is 0. The van der Waals surface area contributed by atoms with Crippen LogP contribution in [0.4, 0.5) is 0 Å². The Hall–Kier alpha value is -2.30. The zero-order chi connectivity index (χ0) is 17.3. The number of carbonyl (C=O) groups excluding carboxylic acids is 2. The SMILES string of the molecule is NC(=O)/C=C1\C(=O)CN1C(c1ccc(Cl)cc1)c1ccc(Cl)cc1.